The fourth-order valence-corrected chi connectivity index (χ4v) is 2.52. The number of nitrogen functional groups attached to an aromatic ring is 1. The van der Waals surface area contributed by atoms with Gasteiger partial charge in [-0.2, -0.15) is 0 Å². The zero-order valence-corrected chi connectivity index (χ0v) is 11.1. The highest BCUT2D eigenvalue weighted by Crippen LogP contribution is 2.37. The van der Waals surface area contributed by atoms with Crippen LogP contribution >= 0.6 is 11.6 Å². The van der Waals surface area contributed by atoms with E-state index in [-0.39, 0.29) is 6.79 Å². The predicted molar refractivity (Wildman–Crippen MR) is 76.2 cm³/mol. The molecule has 0 spiro atoms. The topological polar surface area (TPSA) is 61.8 Å². The van der Waals surface area contributed by atoms with Crippen LogP contribution in [-0.4, -0.2) is 16.2 Å². The number of benzene rings is 1. The minimum Gasteiger partial charge on any atom is -0.454 e. The van der Waals surface area contributed by atoms with E-state index in [1.807, 2.05) is 30.5 Å². The van der Waals surface area contributed by atoms with Crippen molar-refractivity contribution in [2.24, 2.45) is 0 Å². The summed E-state index contributed by atoms with van der Waals surface area (Å²) in [6, 6.07) is 9.24. The lowest BCUT2D eigenvalue weighted by Crippen LogP contribution is -1.94. The molecule has 3 aromatic rings. The molecule has 100 valence electrons. The van der Waals surface area contributed by atoms with Crippen LogP contribution in [0.2, 0.25) is 5.02 Å². The number of fused-ring (bicyclic) bond motifs is 2. The third kappa shape index (κ3) is 1.53. The smallest absolute Gasteiger partial charge is 0.231 e. The Kier molecular flexibility index (Phi) is 2.31. The van der Waals surface area contributed by atoms with Crippen LogP contribution in [0.4, 0.5) is 5.82 Å². The number of hydrogen-bond donors (Lipinski definition) is 1. The van der Waals surface area contributed by atoms with Gasteiger partial charge in [-0.15, -0.1) is 0 Å². The molecule has 1 aliphatic rings. The largest absolute Gasteiger partial charge is 0.454 e. The molecular formula is C14H10ClN3O2. The predicted octanol–water partition coefficient (Wildman–Crippen LogP) is 2.97. The zero-order valence-electron chi connectivity index (χ0n) is 10.3. The summed E-state index contributed by atoms with van der Waals surface area (Å²) in [5.41, 5.74) is 8.34. The second-order valence-corrected chi connectivity index (χ2v) is 4.87. The number of rotatable bonds is 1. The molecule has 2 aromatic heterocycles. The van der Waals surface area contributed by atoms with E-state index in [9.17, 15) is 0 Å². The summed E-state index contributed by atoms with van der Waals surface area (Å²) in [5.74, 6) is 1.97. The van der Waals surface area contributed by atoms with Crippen LogP contribution in [0.3, 0.4) is 0 Å². The van der Waals surface area contributed by atoms with Gasteiger partial charge in [0.1, 0.15) is 11.5 Å². The van der Waals surface area contributed by atoms with Crippen molar-refractivity contribution in [1.29, 1.82) is 0 Å². The summed E-state index contributed by atoms with van der Waals surface area (Å²) in [6.07, 6.45) is 1.83. The van der Waals surface area contributed by atoms with E-state index in [1.54, 1.807) is 10.5 Å². The zero-order chi connectivity index (χ0) is 13.7. The molecule has 1 aliphatic heterocycles. The highest BCUT2D eigenvalue weighted by atomic mass is 35.5. The molecule has 3 heterocycles. The number of nitrogens with zero attached hydrogens (tertiary/aromatic N) is 2. The number of anilines is 1. The quantitative estimate of drug-likeness (QED) is 0.747. The first-order valence-corrected chi connectivity index (χ1v) is 6.44. The van der Waals surface area contributed by atoms with Gasteiger partial charge in [0.2, 0.25) is 6.79 Å². The molecule has 0 radical (unpaired) electrons. The Morgan fingerprint density at radius 2 is 2.05 bits per heavy atom. The number of halogens is 1. The Labute approximate surface area is 119 Å². The molecule has 0 unspecified atom stereocenters. The maximum Gasteiger partial charge on any atom is 0.231 e. The van der Waals surface area contributed by atoms with Crippen LogP contribution in [0.15, 0.2) is 36.5 Å². The third-order valence-corrected chi connectivity index (χ3v) is 3.58. The summed E-state index contributed by atoms with van der Waals surface area (Å²) in [7, 11) is 0. The van der Waals surface area contributed by atoms with Crippen molar-refractivity contribution in [3.8, 4) is 22.8 Å². The summed E-state index contributed by atoms with van der Waals surface area (Å²) < 4.78 is 12.4. The van der Waals surface area contributed by atoms with E-state index in [1.165, 1.54) is 0 Å². The Balaban J connectivity index is 1.94. The number of ether oxygens (including phenoxy) is 2. The molecule has 4 rings (SSSR count). The minimum absolute atomic E-state index is 0.241. The molecule has 0 amide bonds. The number of hydrogen-bond acceptors (Lipinski definition) is 4. The van der Waals surface area contributed by atoms with Gasteiger partial charge < -0.3 is 15.2 Å². The molecule has 5 nitrogen and oxygen atoms in total. The lowest BCUT2D eigenvalue weighted by Gasteiger charge is -2.01. The molecule has 1 aromatic carbocycles. The maximum absolute atomic E-state index is 6.15. The normalized spacial score (nSPS) is 13.1. The van der Waals surface area contributed by atoms with Crippen LogP contribution < -0.4 is 15.2 Å². The molecule has 20 heavy (non-hydrogen) atoms. The molecule has 0 fully saturated rings. The van der Waals surface area contributed by atoms with Crippen LogP contribution in [0.5, 0.6) is 11.5 Å². The molecule has 0 saturated carbocycles. The summed E-state index contributed by atoms with van der Waals surface area (Å²) in [5, 5.41) is 0.561. The average molecular weight is 288 g/mol. The van der Waals surface area contributed by atoms with Gasteiger partial charge in [0.05, 0.1) is 5.02 Å². The van der Waals surface area contributed by atoms with Gasteiger partial charge in [-0.3, -0.25) is 4.40 Å². The molecular weight excluding hydrogens is 278 g/mol. The summed E-state index contributed by atoms with van der Waals surface area (Å²) in [4.78, 5) is 4.52. The number of pyridine rings is 1. The van der Waals surface area contributed by atoms with Gasteiger partial charge >= 0.3 is 0 Å². The second kappa shape index (κ2) is 4.05. The van der Waals surface area contributed by atoms with Gasteiger partial charge in [-0.05, 0) is 30.3 Å². The molecule has 2 N–H and O–H groups in total. The van der Waals surface area contributed by atoms with Crippen molar-refractivity contribution in [2.45, 2.75) is 0 Å². The van der Waals surface area contributed by atoms with E-state index in [2.05, 4.69) is 4.98 Å². The molecule has 0 aliphatic carbocycles. The Morgan fingerprint density at radius 1 is 1.20 bits per heavy atom. The fourth-order valence-electron chi connectivity index (χ4n) is 2.31. The number of nitrogens with two attached hydrogens (primary N) is 1. The van der Waals surface area contributed by atoms with Crippen molar-refractivity contribution in [1.82, 2.24) is 9.38 Å². The SMILES string of the molecule is Nc1c(-c2ccc3c(c2)OCO3)nc2c(Cl)cccn12. The van der Waals surface area contributed by atoms with E-state index in [0.717, 1.165) is 11.3 Å². The van der Waals surface area contributed by atoms with E-state index >= 15 is 0 Å². The van der Waals surface area contributed by atoms with Crippen LogP contribution in [0.1, 0.15) is 0 Å². The van der Waals surface area contributed by atoms with Crippen LogP contribution in [0, 0.1) is 0 Å². The van der Waals surface area contributed by atoms with Crippen molar-refractivity contribution in [3.63, 3.8) is 0 Å². The lowest BCUT2D eigenvalue weighted by molar-refractivity contribution is 0.174. The van der Waals surface area contributed by atoms with E-state index in [0.29, 0.717) is 27.9 Å². The Hall–Kier alpha value is -2.40. The summed E-state index contributed by atoms with van der Waals surface area (Å²) in [6.45, 7) is 0.241. The van der Waals surface area contributed by atoms with Gasteiger partial charge in [0.15, 0.2) is 17.1 Å². The first-order valence-electron chi connectivity index (χ1n) is 6.06. The van der Waals surface area contributed by atoms with E-state index < -0.39 is 0 Å². The van der Waals surface area contributed by atoms with Gasteiger partial charge in [0.25, 0.3) is 0 Å². The third-order valence-electron chi connectivity index (χ3n) is 3.29. The minimum atomic E-state index is 0.241. The number of imidazole rings is 1. The van der Waals surface area contributed by atoms with Crippen LogP contribution in [-0.2, 0) is 0 Å². The second-order valence-electron chi connectivity index (χ2n) is 4.46. The molecule has 6 heteroatoms. The molecule has 0 atom stereocenters. The highest BCUT2D eigenvalue weighted by Gasteiger charge is 2.18. The van der Waals surface area contributed by atoms with Crippen molar-refractivity contribution >= 4 is 23.1 Å². The van der Waals surface area contributed by atoms with Crippen LogP contribution in [0.25, 0.3) is 16.9 Å². The average Bonchev–Trinajstić information content (AvgIpc) is 3.04. The molecule has 0 saturated heterocycles. The van der Waals surface area contributed by atoms with Crippen molar-refractivity contribution in [2.75, 3.05) is 12.5 Å². The standard InChI is InChI=1S/C14H10ClN3O2/c15-9-2-1-5-18-13(16)12(17-14(9)18)8-3-4-10-11(6-8)20-7-19-10/h1-6H,7,16H2. The van der Waals surface area contributed by atoms with Gasteiger partial charge in [-0.25, -0.2) is 4.98 Å². The summed E-state index contributed by atoms with van der Waals surface area (Å²) >= 11 is 6.14. The maximum atomic E-state index is 6.15. The van der Waals surface area contributed by atoms with E-state index in [4.69, 9.17) is 26.8 Å². The fraction of sp³-hybridized carbons (Fsp3) is 0.0714. The lowest BCUT2D eigenvalue weighted by atomic mass is 10.1. The van der Waals surface area contributed by atoms with Crippen molar-refractivity contribution in [3.05, 3.63) is 41.6 Å². The molecule has 0 bridgehead atoms. The van der Waals surface area contributed by atoms with Gasteiger partial charge in [-0.1, -0.05) is 11.6 Å². The van der Waals surface area contributed by atoms with Gasteiger partial charge in [0, 0.05) is 11.8 Å². The first-order chi connectivity index (χ1) is 9.74. The Bertz CT molecular complexity index is 829. The highest BCUT2D eigenvalue weighted by molar-refractivity contribution is 6.33. The Morgan fingerprint density at radius 3 is 2.90 bits per heavy atom. The monoisotopic (exact) mass is 287 g/mol. The van der Waals surface area contributed by atoms with Crippen molar-refractivity contribution < 1.29 is 9.47 Å². The first kappa shape index (κ1) is 11.4. The number of aromatic nitrogens is 2.